The number of halogens is 3. The molecule has 2 aromatic rings. The Bertz CT molecular complexity index is 639. The van der Waals surface area contributed by atoms with Crippen LogP contribution in [-0.2, 0) is 11.3 Å². The average Bonchev–Trinajstić information content (AvgIpc) is 2.45. The first-order valence-corrected chi connectivity index (χ1v) is 6.62. The van der Waals surface area contributed by atoms with Crippen LogP contribution in [0.25, 0.3) is 0 Å². The van der Waals surface area contributed by atoms with E-state index in [0.29, 0.717) is 6.54 Å². The van der Waals surface area contributed by atoms with Gasteiger partial charge in [0.2, 0.25) is 5.91 Å². The van der Waals surface area contributed by atoms with Crippen molar-refractivity contribution in [1.82, 2.24) is 4.90 Å². The summed E-state index contributed by atoms with van der Waals surface area (Å²) in [5, 5.41) is 2.21. The first-order chi connectivity index (χ1) is 10.5. The minimum Gasteiger partial charge on any atom is -0.320 e. The minimum atomic E-state index is -0.825. The third kappa shape index (κ3) is 4.33. The Morgan fingerprint density at radius 2 is 1.64 bits per heavy atom. The van der Waals surface area contributed by atoms with Crippen LogP contribution in [0.4, 0.5) is 18.9 Å². The van der Waals surface area contributed by atoms with Gasteiger partial charge < -0.3 is 5.32 Å². The van der Waals surface area contributed by atoms with Crippen molar-refractivity contribution in [2.75, 3.05) is 18.9 Å². The van der Waals surface area contributed by atoms with Crippen molar-refractivity contribution in [2.24, 2.45) is 0 Å². The number of hydrogen-bond donors (Lipinski definition) is 1. The van der Waals surface area contributed by atoms with Gasteiger partial charge in [0.15, 0.2) is 0 Å². The summed E-state index contributed by atoms with van der Waals surface area (Å²) in [7, 11) is 1.68. The average molecular weight is 308 g/mol. The second-order valence-corrected chi connectivity index (χ2v) is 4.94. The third-order valence-corrected chi connectivity index (χ3v) is 3.01. The van der Waals surface area contributed by atoms with Crippen LogP contribution in [0.1, 0.15) is 5.56 Å². The van der Waals surface area contributed by atoms with E-state index < -0.39 is 23.2 Å². The number of benzene rings is 2. The molecular formula is C16H15F3N2O. The number of likely N-dealkylation sites (N-methyl/N-ethyl adjacent to an activating group) is 1. The van der Waals surface area contributed by atoms with Gasteiger partial charge >= 0.3 is 0 Å². The van der Waals surface area contributed by atoms with Gasteiger partial charge in [-0.25, -0.2) is 13.2 Å². The molecule has 22 heavy (non-hydrogen) atoms. The molecule has 2 aromatic carbocycles. The normalized spacial score (nSPS) is 10.8. The molecule has 0 heterocycles. The Balaban J connectivity index is 1.92. The molecule has 0 aromatic heterocycles. The van der Waals surface area contributed by atoms with E-state index >= 15 is 0 Å². The van der Waals surface area contributed by atoms with Gasteiger partial charge in [0, 0.05) is 6.54 Å². The smallest absolute Gasteiger partial charge is 0.238 e. The van der Waals surface area contributed by atoms with E-state index in [1.807, 2.05) is 0 Å². The van der Waals surface area contributed by atoms with E-state index in [-0.39, 0.29) is 12.4 Å². The quantitative estimate of drug-likeness (QED) is 0.920. The molecule has 6 heteroatoms. The lowest BCUT2D eigenvalue weighted by atomic mass is 10.2. The van der Waals surface area contributed by atoms with Crippen LogP contribution < -0.4 is 5.32 Å². The van der Waals surface area contributed by atoms with E-state index in [1.165, 1.54) is 18.2 Å². The predicted octanol–water partition coefficient (Wildman–Crippen LogP) is 3.17. The topological polar surface area (TPSA) is 32.3 Å². The molecule has 1 N–H and O–H groups in total. The van der Waals surface area contributed by atoms with E-state index in [0.717, 1.165) is 17.7 Å². The molecule has 3 nitrogen and oxygen atoms in total. The summed E-state index contributed by atoms with van der Waals surface area (Å²) in [5.74, 6) is -2.52. The Morgan fingerprint density at radius 1 is 1.05 bits per heavy atom. The highest BCUT2D eigenvalue weighted by Gasteiger charge is 2.13. The van der Waals surface area contributed by atoms with E-state index in [2.05, 4.69) is 5.32 Å². The maximum absolute atomic E-state index is 13.4. The maximum Gasteiger partial charge on any atom is 0.238 e. The van der Waals surface area contributed by atoms with Crippen LogP contribution >= 0.6 is 0 Å². The molecule has 1 amide bonds. The van der Waals surface area contributed by atoms with Gasteiger partial charge in [0.1, 0.15) is 23.1 Å². The number of rotatable bonds is 5. The van der Waals surface area contributed by atoms with Gasteiger partial charge in [-0.15, -0.1) is 0 Å². The van der Waals surface area contributed by atoms with Crippen molar-refractivity contribution in [3.63, 3.8) is 0 Å². The van der Waals surface area contributed by atoms with Crippen LogP contribution in [0, 0.1) is 17.5 Å². The lowest BCUT2D eigenvalue weighted by Crippen LogP contribution is -2.30. The first-order valence-electron chi connectivity index (χ1n) is 6.62. The molecule has 0 saturated heterocycles. The molecule has 0 aliphatic carbocycles. The summed E-state index contributed by atoms with van der Waals surface area (Å²) in [5.41, 5.74) is 0.372. The second-order valence-electron chi connectivity index (χ2n) is 4.94. The highest BCUT2D eigenvalue weighted by Crippen LogP contribution is 2.17. The Labute approximate surface area is 126 Å². The van der Waals surface area contributed by atoms with Gasteiger partial charge in [-0.3, -0.25) is 9.69 Å². The Kier molecular flexibility index (Phi) is 5.16. The molecule has 0 aliphatic rings. The van der Waals surface area contributed by atoms with Crippen LogP contribution in [0.5, 0.6) is 0 Å². The van der Waals surface area contributed by atoms with E-state index in [9.17, 15) is 18.0 Å². The van der Waals surface area contributed by atoms with Gasteiger partial charge in [-0.1, -0.05) is 18.2 Å². The number of nitrogens with zero attached hydrogens (tertiary/aromatic N) is 1. The fourth-order valence-electron chi connectivity index (χ4n) is 2.00. The molecule has 116 valence electrons. The monoisotopic (exact) mass is 308 g/mol. The number of nitrogens with one attached hydrogen (secondary N) is 1. The zero-order valence-electron chi connectivity index (χ0n) is 11.9. The molecule has 0 saturated carbocycles. The van der Waals surface area contributed by atoms with Crippen molar-refractivity contribution < 1.29 is 18.0 Å². The summed E-state index contributed by atoms with van der Waals surface area (Å²) in [6, 6.07) is 9.25. The fourth-order valence-corrected chi connectivity index (χ4v) is 2.00. The molecular weight excluding hydrogens is 293 g/mol. The van der Waals surface area contributed by atoms with Crippen LogP contribution in [0.3, 0.4) is 0 Å². The summed E-state index contributed by atoms with van der Waals surface area (Å²) in [6.07, 6.45) is 0. The van der Waals surface area contributed by atoms with Crippen molar-refractivity contribution in [2.45, 2.75) is 6.54 Å². The molecule has 0 spiro atoms. The van der Waals surface area contributed by atoms with Crippen LogP contribution in [-0.4, -0.2) is 24.4 Å². The number of para-hydroxylation sites is 1. The SMILES string of the molecule is CN(CC(=O)Nc1c(F)cccc1F)Cc1ccc(F)cc1. The van der Waals surface area contributed by atoms with E-state index in [4.69, 9.17) is 0 Å². The molecule has 0 aliphatic heterocycles. The van der Waals surface area contributed by atoms with Crippen molar-refractivity contribution >= 4 is 11.6 Å². The Hall–Kier alpha value is -2.34. The van der Waals surface area contributed by atoms with Crippen molar-refractivity contribution in [3.05, 3.63) is 65.5 Å². The van der Waals surface area contributed by atoms with E-state index in [1.54, 1.807) is 24.1 Å². The van der Waals surface area contributed by atoms with Crippen molar-refractivity contribution in [1.29, 1.82) is 0 Å². The van der Waals surface area contributed by atoms with Gasteiger partial charge in [-0.2, -0.15) is 0 Å². The number of hydrogen-bond acceptors (Lipinski definition) is 2. The first kappa shape index (κ1) is 16.0. The van der Waals surface area contributed by atoms with Gasteiger partial charge in [0.25, 0.3) is 0 Å². The van der Waals surface area contributed by atoms with Crippen LogP contribution in [0.15, 0.2) is 42.5 Å². The maximum atomic E-state index is 13.4. The molecule has 0 radical (unpaired) electrons. The summed E-state index contributed by atoms with van der Waals surface area (Å²) in [4.78, 5) is 13.5. The lowest BCUT2D eigenvalue weighted by molar-refractivity contribution is -0.117. The Morgan fingerprint density at radius 3 is 2.23 bits per heavy atom. The zero-order valence-corrected chi connectivity index (χ0v) is 11.9. The standard InChI is InChI=1S/C16H15F3N2O/c1-21(9-11-5-7-12(17)8-6-11)10-15(22)20-16-13(18)3-2-4-14(16)19/h2-8H,9-10H2,1H3,(H,20,22). The third-order valence-electron chi connectivity index (χ3n) is 3.01. The number of anilines is 1. The number of amides is 1. The van der Waals surface area contributed by atoms with Gasteiger partial charge in [-0.05, 0) is 36.9 Å². The summed E-state index contributed by atoms with van der Waals surface area (Å²) >= 11 is 0. The highest BCUT2D eigenvalue weighted by molar-refractivity contribution is 5.92. The molecule has 2 rings (SSSR count). The minimum absolute atomic E-state index is 0.0504. The largest absolute Gasteiger partial charge is 0.320 e. The fraction of sp³-hybridized carbons (Fsp3) is 0.188. The zero-order chi connectivity index (χ0) is 16.1. The predicted molar refractivity (Wildman–Crippen MR) is 77.7 cm³/mol. The molecule has 0 unspecified atom stereocenters. The number of carbonyl (C=O) groups is 1. The van der Waals surface area contributed by atoms with Gasteiger partial charge in [0.05, 0.1) is 6.54 Å². The van der Waals surface area contributed by atoms with Crippen LogP contribution in [0.2, 0.25) is 0 Å². The van der Waals surface area contributed by atoms with Crippen molar-refractivity contribution in [3.8, 4) is 0 Å². The molecule has 0 atom stereocenters. The molecule has 0 bridgehead atoms. The summed E-state index contributed by atoms with van der Waals surface area (Å²) in [6.45, 7) is 0.360. The number of carbonyl (C=O) groups excluding carboxylic acids is 1. The molecule has 0 fully saturated rings. The lowest BCUT2D eigenvalue weighted by Gasteiger charge is -2.16. The highest BCUT2D eigenvalue weighted by atomic mass is 19.1. The second kappa shape index (κ2) is 7.09. The summed E-state index contributed by atoms with van der Waals surface area (Å²) < 4.78 is 39.7.